The average molecular weight is 341 g/mol. The zero-order chi connectivity index (χ0) is 17.6. The lowest BCUT2D eigenvalue weighted by Gasteiger charge is -2.32. The summed E-state index contributed by atoms with van der Waals surface area (Å²) < 4.78 is 0. The molecule has 1 aromatic carbocycles. The van der Waals surface area contributed by atoms with Crippen LogP contribution in [0, 0.1) is 6.92 Å². The molecule has 2 heterocycles. The van der Waals surface area contributed by atoms with Crippen LogP contribution in [0.3, 0.4) is 0 Å². The maximum absolute atomic E-state index is 12.6. The standard InChI is InChI=1S/C19H27N5O/c1-3-17(12-15-6-4-14(2)5-7-15)22-19(25)24-10-8-16(9-11-24)18-20-13-21-23-18/h4-7,13,16-17H,3,8-12H2,1-2H3,(H,22,25)(H,20,21,23)/t17-/m1/s1. The largest absolute Gasteiger partial charge is 0.335 e. The molecule has 2 N–H and O–H groups in total. The van der Waals surface area contributed by atoms with Gasteiger partial charge in [0.05, 0.1) is 0 Å². The number of likely N-dealkylation sites (tertiary alicyclic amines) is 1. The van der Waals surface area contributed by atoms with Gasteiger partial charge in [-0.2, -0.15) is 5.10 Å². The number of rotatable bonds is 5. The van der Waals surface area contributed by atoms with E-state index in [2.05, 4.69) is 58.6 Å². The lowest BCUT2D eigenvalue weighted by atomic mass is 9.96. The molecule has 0 bridgehead atoms. The number of urea groups is 1. The predicted molar refractivity (Wildman–Crippen MR) is 97.4 cm³/mol. The second-order valence-corrected chi connectivity index (χ2v) is 6.88. The number of nitrogens with zero attached hydrogens (tertiary/aromatic N) is 3. The van der Waals surface area contributed by atoms with Gasteiger partial charge in [-0.15, -0.1) is 0 Å². The van der Waals surface area contributed by atoms with Gasteiger partial charge in [-0.25, -0.2) is 9.78 Å². The molecule has 3 rings (SSSR count). The van der Waals surface area contributed by atoms with Crippen LogP contribution in [0.15, 0.2) is 30.6 Å². The highest BCUT2D eigenvalue weighted by Crippen LogP contribution is 2.25. The van der Waals surface area contributed by atoms with Crippen LogP contribution in [0.2, 0.25) is 0 Å². The number of hydrogen-bond acceptors (Lipinski definition) is 3. The highest BCUT2D eigenvalue weighted by Gasteiger charge is 2.26. The molecular formula is C19H27N5O. The van der Waals surface area contributed by atoms with E-state index in [1.165, 1.54) is 11.1 Å². The van der Waals surface area contributed by atoms with Crippen molar-refractivity contribution in [2.24, 2.45) is 0 Å². The fourth-order valence-corrected chi connectivity index (χ4v) is 3.34. The van der Waals surface area contributed by atoms with Crippen molar-refractivity contribution in [2.45, 2.75) is 51.5 Å². The van der Waals surface area contributed by atoms with Crippen molar-refractivity contribution >= 4 is 6.03 Å². The summed E-state index contributed by atoms with van der Waals surface area (Å²) >= 11 is 0. The molecule has 1 atom stereocenters. The quantitative estimate of drug-likeness (QED) is 0.878. The Morgan fingerprint density at radius 3 is 2.64 bits per heavy atom. The zero-order valence-corrected chi connectivity index (χ0v) is 15.0. The fraction of sp³-hybridized carbons (Fsp3) is 0.526. The van der Waals surface area contributed by atoms with Crippen molar-refractivity contribution in [1.29, 1.82) is 0 Å². The van der Waals surface area contributed by atoms with Crippen LogP contribution < -0.4 is 5.32 Å². The van der Waals surface area contributed by atoms with Crippen molar-refractivity contribution in [1.82, 2.24) is 25.4 Å². The number of nitrogens with one attached hydrogen (secondary N) is 2. The molecular weight excluding hydrogens is 314 g/mol. The van der Waals surface area contributed by atoms with E-state index in [9.17, 15) is 4.79 Å². The Morgan fingerprint density at radius 1 is 1.32 bits per heavy atom. The number of amides is 2. The van der Waals surface area contributed by atoms with Crippen LogP contribution in [-0.4, -0.2) is 45.2 Å². The highest BCUT2D eigenvalue weighted by molar-refractivity contribution is 5.74. The number of benzene rings is 1. The molecule has 1 aliphatic heterocycles. The van der Waals surface area contributed by atoms with Gasteiger partial charge < -0.3 is 10.2 Å². The van der Waals surface area contributed by atoms with Crippen LogP contribution in [0.25, 0.3) is 0 Å². The normalized spacial score (nSPS) is 16.6. The van der Waals surface area contributed by atoms with Gasteiger partial charge in [0, 0.05) is 25.0 Å². The fourth-order valence-electron chi connectivity index (χ4n) is 3.34. The van der Waals surface area contributed by atoms with E-state index < -0.39 is 0 Å². The van der Waals surface area contributed by atoms with Crippen molar-refractivity contribution in [3.8, 4) is 0 Å². The molecule has 1 saturated heterocycles. The molecule has 2 amide bonds. The SMILES string of the molecule is CC[C@H](Cc1ccc(C)cc1)NC(=O)N1CCC(c2ncn[nH]2)CC1. The van der Waals surface area contributed by atoms with Crippen LogP contribution in [0.4, 0.5) is 4.79 Å². The minimum Gasteiger partial charge on any atom is -0.335 e. The zero-order valence-electron chi connectivity index (χ0n) is 15.0. The lowest BCUT2D eigenvalue weighted by Crippen LogP contribution is -2.48. The van der Waals surface area contributed by atoms with Gasteiger partial charge in [0.2, 0.25) is 0 Å². The monoisotopic (exact) mass is 341 g/mol. The maximum atomic E-state index is 12.6. The van der Waals surface area contributed by atoms with E-state index in [0.717, 1.165) is 44.6 Å². The van der Waals surface area contributed by atoms with Gasteiger partial charge in [0.1, 0.15) is 12.2 Å². The minimum atomic E-state index is 0.0509. The molecule has 0 saturated carbocycles. The molecule has 6 nitrogen and oxygen atoms in total. The summed E-state index contributed by atoms with van der Waals surface area (Å²) in [5.74, 6) is 1.31. The molecule has 1 aromatic heterocycles. The predicted octanol–water partition coefficient (Wildman–Crippen LogP) is 3.02. The van der Waals surface area contributed by atoms with Crippen molar-refractivity contribution in [2.75, 3.05) is 13.1 Å². The molecule has 134 valence electrons. The molecule has 0 radical (unpaired) electrons. The van der Waals surface area contributed by atoms with Crippen molar-refractivity contribution in [3.63, 3.8) is 0 Å². The summed E-state index contributed by atoms with van der Waals surface area (Å²) in [5, 5.41) is 10.1. The highest BCUT2D eigenvalue weighted by atomic mass is 16.2. The van der Waals surface area contributed by atoms with Crippen molar-refractivity contribution in [3.05, 3.63) is 47.5 Å². The van der Waals surface area contributed by atoms with Crippen LogP contribution in [0.5, 0.6) is 0 Å². The Balaban J connectivity index is 1.50. The summed E-state index contributed by atoms with van der Waals surface area (Å²) in [6.45, 7) is 5.73. The smallest absolute Gasteiger partial charge is 0.317 e. The second-order valence-electron chi connectivity index (χ2n) is 6.88. The molecule has 1 aliphatic rings. The van der Waals surface area contributed by atoms with E-state index in [1.807, 2.05) is 4.90 Å². The average Bonchev–Trinajstić information content (AvgIpc) is 3.17. The van der Waals surface area contributed by atoms with Crippen LogP contribution >= 0.6 is 0 Å². The molecule has 0 unspecified atom stereocenters. The number of hydrogen-bond donors (Lipinski definition) is 2. The summed E-state index contributed by atoms with van der Waals surface area (Å²) in [5.41, 5.74) is 2.53. The first-order chi connectivity index (χ1) is 12.2. The van der Waals surface area contributed by atoms with E-state index in [0.29, 0.717) is 5.92 Å². The van der Waals surface area contributed by atoms with Crippen LogP contribution in [0.1, 0.15) is 49.1 Å². The third-order valence-electron chi connectivity index (χ3n) is 5.03. The number of piperidine rings is 1. The van der Waals surface area contributed by atoms with Gasteiger partial charge >= 0.3 is 6.03 Å². The van der Waals surface area contributed by atoms with E-state index >= 15 is 0 Å². The van der Waals surface area contributed by atoms with Gasteiger partial charge in [0.15, 0.2) is 0 Å². The Bertz CT molecular complexity index is 660. The Kier molecular flexibility index (Phi) is 5.68. The number of aromatic amines is 1. The molecule has 25 heavy (non-hydrogen) atoms. The first-order valence-corrected chi connectivity index (χ1v) is 9.12. The number of H-pyrrole nitrogens is 1. The number of carbonyl (C=O) groups is 1. The number of aryl methyl sites for hydroxylation is 1. The Morgan fingerprint density at radius 2 is 2.04 bits per heavy atom. The number of carbonyl (C=O) groups excluding carboxylic acids is 1. The summed E-state index contributed by atoms with van der Waals surface area (Å²) in [6.07, 6.45) is 5.20. The Labute approximate surface area is 149 Å². The molecule has 2 aromatic rings. The van der Waals surface area contributed by atoms with E-state index in [-0.39, 0.29) is 12.1 Å². The second kappa shape index (κ2) is 8.14. The van der Waals surface area contributed by atoms with Gasteiger partial charge in [-0.1, -0.05) is 36.8 Å². The van der Waals surface area contributed by atoms with Gasteiger partial charge in [-0.05, 0) is 38.2 Å². The third-order valence-corrected chi connectivity index (χ3v) is 5.03. The van der Waals surface area contributed by atoms with Crippen molar-refractivity contribution < 1.29 is 4.79 Å². The van der Waals surface area contributed by atoms with Crippen LogP contribution in [-0.2, 0) is 6.42 Å². The summed E-state index contributed by atoms with van der Waals surface area (Å²) in [4.78, 5) is 18.7. The summed E-state index contributed by atoms with van der Waals surface area (Å²) in [7, 11) is 0. The first-order valence-electron chi connectivity index (χ1n) is 9.12. The van der Waals surface area contributed by atoms with Gasteiger partial charge in [0.25, 0.3) is 0 Å². The maximum Gasteiger partial charge on any atom is 0.317 e. The Hall–Kier alpha value is -2.37. The summed E-state index contributed by atoms with van der Waals surface area (Å²) in [6, 6.07) is 8.76. The minimum absolute atomic E-state index is 0.0509. The third kappa shape index (κ3) is 4.59. The first kappa shape index (κ1) is 17.5. The van der Waals surface area contributed by atoms with E-state index in [4.69, 9.17) is 0 Å². The molecule has 0 spiro atoms. The molecule has 6 heteroatoms. The van der Waals surface area contributed by atoms with Gasteiger partial charge in [-0.3, -0.25) is 5.10 Å². The molecule has 0 aliphatic carbocycles. The van der Waals surface area contributed by atoms with E-state index in [1.54, 1.807) is 6.33 Å². The molecule has 1 fully saturated rings. The topological polar surface area (TPSA) is 73.9 Å². The number of aromatic nitrogens is 3. The lowest BCUT2D eigenvalue weighted by molar-refractivity contribution is 0.176.